The Balaban J connectivity index is 2.14. The van der Waals surface area contributed by atoms with Crippen LogP contribution in [0.15, 0.2) is 5.38 Å². The van der Waals surface area contributed by atoms with Crippen molar-refractivity contribution in [1.82, 2.24) is 10.3 Å². The molecule has 1 aliphatic carbocycles. The van der Waals surface area contributed by atoms with Gasteiger partial charge in [0.15, 0.2) is 0 Å². The summed E-state index contributed by atoms with van der Waals surface area (Å²) in [7, 11) is 0. The monoisotopic (exact) mass is 282 g/mol. The van der Waals surface area contributed by atoms with Gasteiger partial charge < -0.3 is 10.1 Å². The van der Waals surface area contributed by atoms with Crippen LogP contribution in [0, 0.1) is 0 Å². The van der Waals surface area contributed by atoms with Gasteiger partial charge >= 0.3 is 0 Å². The van der Waals surface area contributed by atoms with E-state index in [0.29, 0.717) is 18.1 Å². The molecule has 1 fully saturated rings. The lowest BCUT2D eigenvalue weighted by molar-refractivity contribution is -0.0564. The molecule has 2 rings (SSSR count). The first-order valence-corrected chi connectivity index (χ1v) is 8.20. The van der Waals surface area contributed by atoms with E-state index in [4.69, 9.17) is 9.72 Å². The van der Waals surface area contributed by atoms with Crippen LogP contribution < -0.4 is 5.32 Å². The molecule has 1 N–H and O–H groups in total. The number of rotatable bonds is 6. The molecular formula is C15H26N2OS. The van der Waals surface area contributed by atoms with E-state index < -0.39 is 0 Å². The van der Waals surface area contributed by atoms with E-state index in [-0.39, 0.29) is 5.54 Å². The molecule has 1 aliphatic rings. The molecule has 3 nitrogen and oxygen atoms in total. The fourth-order valence-electron chi connectivity index (χ4n) is 2.75. The Bertz CT molecular complexity index is 408. The molecule has 19 heavy (non-hydrogen) atoms. The van der Waals surface area contributed by atoms with Crippen LogP contribution in [0.25, 0.3) is 0 Å². The fourth-order valence-corrected chi connectivity index (χ4v) is 3.92. The number of hydrogen-bond donors (Lipinski definition) is 1. The zero-order valence-electron chi connectivity index (χ0n) is 12.7. The van der Waals surface area contributed by atoms with Gasteiger partial charge in [-0.2, -0.15) is 0 Å². The number of aromatic nitrogens is 1. The molecule has 1 aromatic heterocycles. The van der Waals surface area contributed by atoms with Crippen LogP contribution in [0.1, 0.15) is 64.1 Å². The van der Waals surface area contributed by atoms with Crippen LogP contribution in [0.5, 0.6) is 0 Å². The van der Waals surface area contributed by atoms with Crippen molar-refractivity contribution in [3.05, 3.63) is 16.1 Å². The quantitative estimate of drug-likeness (QED) is 0.864. The van der Waals surface area contributed by atoms with Gasteiger partial charge in [0.25, 0.3) is 0 Å². The van der Waals surface area contributed by atoms with Crippen molar-refractivity contribution in [1.29, 1.82) is 0 Å². The Labute approximate surface area is 120 Å². The van der Waals surface area contributed by atoms with Gasteiger partial charge in [-0.1, -0.05) is 13.8 Å². The van der Waals surface area contributed by atoms with E-state index in [2.05, 4.69) is 45.3 Å². The normalized spacial score (nSPS) is 27.0. The van der Waals surface area contributed by atoms with E-state index in [0.717, 1.165) is 19.4 Å². The van der Waals surface area contributed by atoms with Crippen LogP contribution in [0.4, 0.5) is 0 Å². The summed E-state index contributed by atoms with van der Waals surface area (Å²) in [6.07, 6.45) is 2.48. The Morgan fingerprint density at radius 2 is 2.11 bits per heavy atom. The van der Waals surface area contributed by atoms with Crippen molar-refractivity contribution < 1.29 is 4.74 Å². The van der Waals surface area contributed by atoms with Crippen LogP contribution in [0.3, 0.4) is 0 Å². The topological polar surface area (TPSA) is 34.1 Å². The van der Waals surface area contributed by atoms with Gasteiger partial charge in [-0.15, -0.1) is 11.3 Å². The lowest BCUT2D eigenvalue weighted by Gasteiger charge is -2.47. The van der Waals surface area contributed by atoms with Gasteiger partial charge in [0.1, 0.15) is 5.01 Å². The second-order valence-corrected chi connectivity index (χ2v) is 6.96. The highest BCUT2D eigenvalue weighted by atomic mass is 32.1. The molecule has 0 atom stereocenters. The molecule has 1 saturated carbocycles. The Kier molecular flexibility index (Phi) is 4.64. The van der Waals surface area contributed by atoms with Gasteiger partial charge in [0, 0.05) is 18.0 Å². The fraction of sp³-hybridized carbons (Fsp3) is 0.800. The van der Waals surface area contributed by atoms with Crippen LogP contribution >= 0.6 is 11.3 Å². The van der Waals surface area contributed by atoms with Crippen molar-refractivity contribution in [3.63, 3.8) is 0 Å². The lowest BCUT2D eigenvalue weighted by atomic mass is 9.74. The minimum Gasteiger partial charge on any atom is -0.378 e. The number of ether oxygens (including phenoxy) is 1. The molecule has 0 aromatic carbocycles. The van der Waals surface area contributed by atoms with E-state index in [9.17, 15) is 0 Å². The van der Waals surface area contributed by atoms with Gasteiger partial charge in [-0.05, 0) is 39.5 Å². The first-order valence-electron chi connectivity index (χ1n) is 7.32. The Hall–Kier alpha value is -0.450. The SMILES string of the molecule is CCOC1CC(NC(C)C)(c2nc(C(C)C)cs2)C1. The highest BCUT2D eigenvalue weighted by molar-refractivity contribution is 7.09. The van der Waals surface area contributed by atoms with Crippen LogP contribution in [-0.2, 0) is 10.3 Å². The molecule has 0 spiro atoms. The molecule has 1 aromatic rings. The minimum absolute atomic E-state index is 0.0474. The van der Waals surface area contributed by atoms with Gasteiger partial charge in [0.2, 0.25) is 0 Å². The van der Waals surface area contributed by atoms with Crippen molar-refractivity contribution in [2.75, 3.05) is 6.61 Å². The molecular weight excluding hydrogens is 256 g/mol. The lowest BCUT2D eigenvalue weighted by Crippen LogP contribution is -2.57. The largest absolute Gasteiger partial charge is 0.378 e. The zero-order valence-corrected chi connectivity index (χ0v) is 13.5. The van der Waals surface area contributed by atoms with Crippen molar-refractivity contribution in [2.24, 2.45) is 0 Å². The average Bonchev–Trinajstić information content (AvgIpc) is 2.74. The first kappa shape index (κ1) is 14.9. The Morgan fingerprint density at radius 1 is 1.42 bits per heavy atom. The van der Waals surface area contributed by atoms with E-state index in [1.165, 1.54) is 10.7 Å². The van der Waals surface area contributed by atoms with Crippen LogP contribution in [-0.4, -0.2) is 23.7 Å². The maximum atomic E-state index is 5.73. The van der Waals surface area contributed by atoms with Crippen molar-refractivity contribution in [3.8, 4) is 0 Å². The molecule has 0 unspecified atom stereocenters. The van der Waals surface area contributed by atoms with E-state index >= 15 is 0 Å². The van der Waals surface area contributed by atoms with Crippen molar-refractivity contribution >= 4 is 11.3 Å². The third-order valence-corrected chi connectivity index (χ3v) is 4.71. The smallest absolute Gasteiger partial charge is 0.113 e. The molecule has 0 amide bonds. The molecule has 0 aliphatic heterocycles. The van der Waals surface area contributed by atoms with Crippen molar-refractivity contribution in [2.45, 2.75) is 71.1 Å². The molecule has 108 valence electrons. The number of thiazole rings is 1. The predicted octanol–water partition coefficient (Wildman–Crippen LogP) is 3.66. The minimum atomic E-state index is 0.0474. The maximum absolute atomic E-state index is 5.73. The zero-order chi connectivity index (χ0) is 14.0. The third-order valence-electron chi connectivity index (χ3n) is 3.64. The summed E-state index contributed by atoms with van der Waals surface area (Å²) in [5.41, 5.74) is 1.26. The van der Waals surface area contributed by atoms with E-state index in [1.54, 1.807) is 11.3 Å². The summed E-state index contributed by atoms with van der Waals surface area (Å²) in [6, 6.07) is 0.467. The highest BCUT2D eigenvalue weighted by Gasteiger charge is 2.48. The second kappa shape index (κ2) is 5.90. The van der Waals surface area contributed by atoms with Crippen LogP contribution in [0.2, 0.25) is 0 Å². The van der Waals surface area contributed by atoms with Gasteiger partial charge in [0.05, 0.1) is 17.3 Å². The first-order chi connectivity index (χ1) is 8.97. The number of hydrogen-bond acceptors (Lipinski definition) is 4. The standard InChI is InChI=1S/C15H26N2OS/c1-6-18-12-7-15(8-12,17-11(4)5)14-16-13(9-19-14)10(2)3/h9-12,17H,6-8H2,1-5H3. The number of nitrogens with one attached hydrogen (secondary N) is 1. The molecule has 1 heterocycles. The predicted molar refractivity (Wildman–Crippen MR) is 80.8 cm³/mol. The summed E-state index contributed by atoms with van der Waals surface area (Å²) < 4.78 is 5.73. The molecule has 0 saturated heterocycles. The number of nitrogens with zero attached hydrogens (tertiary/aromatic N) is 1. The molecule has 0 bridgehead atoms. The highest BCUT2D eigenvalue weighted by Crippen LogP contribution is 2.45. The van der Waals surface area contributed by atoms with Gasteiger partial charge in [-0.25, -0.2) is 4.98 Å². The van der Waals surface area contributed by atoms with Gasteiger partial charge in [-0.3, -0.25) is 0 Å². The Morgan fingerprint density at radius 3 is 2.58 bits per heavy atom. The molecule has 0 radical (unpaired) electrons. The summed E-state index contributed by atoms with van der Waals surface area (Å²) in [5, 5.41) is 7.16. The van der Waals surface area contributed by atoms with E-state index in [1.807, 2.05) is 0 Å². The third kappa shape index (κ3) is 3.18. The molecule has 4 heteroatoms. The summed E-state index contributed by atoms with van der Waals surface area (Å²) in [6.45, 7) is 11.7. The summed E-state index contributed by atoms with van der Waals surface area (Å²) in [5.74, 6) is 0.504. The maximum Gasteiger partial charge on any atom is 0.113 e. The second-order valence-electron chi connectivity index (χ2n) is 6.10. The average molecular weight is 282 g/mol. The summed E-state index contributed by atoms with van der Waals surface area (Å²) >= 11 is 1.79. The summed E-state index contributed by atoms with van der Waals surface area (Å²) in [4.78, 5) is 4.85.